The molecule has 2 aromatic rings. The number of aromatic nitrogens is 1. The van der Waals surface area contributed by atoms with Gasteiger partial charge >= 0.3 is 0 Å². The number of rotatable bonds is 3. The summed E-state index contributed by atoms with van der Waals surface area (Å²) in [5.41, 5.74) is 1.29. The van der Waals surface area contributed by atoms with E-state index in [0.29, 0.717) is 24.1 Å². The molecule has 1 aromatic heterocycles. The Labute approximate surface area is 129 Å². The van der Waals surface area contributed by atoms with E-state index in [9.17, 15) is 9.18 Å². The summed E-state index contributed by atoms with van der Waals surface area (Å²) < 4.78 is 14.3. The third kappa shape index (κ3) is 2.61. The van der Waals surface area contributed by atoms with Gasteiger partial charge in [-0.25, -0.2) is 4.39 Å². The van der Waals surface area contributed by atoms with Crippen molar-refractivity contribution in [2.45, 2.75) is 38.0 Å². The Bertz CT molecular complexity index is 693. The van der Waals surface area contributed by atoms with Crippen LogP contribution in [0.3, 0.4) is 0 Å². The zero-order valence-corrected chi connectivity index (χ0v) is 12.6. The molecule has 1 aromatic carbocycles. The minimum absolute atomic E-state index is 0.124. The molecule has 0 aliphatic heterocycles. The van der Waals surface area contributed by atoms with Crippen molar-refractivity contribution in [3.8, 4) is 0 Å². The number of pyridine rings is 1. The molecule has 1 fully saturated rings. The fraction of sp³-hybridized carbons (Fsp3) is 0.333. The maximum atomic E-state index is 14.3. The first-order valence-electron chi connectivity index (χ1n) is 7.61. The first-order chi connectivity index (χ1) is 10.6. The van der Waals surface area contributed by atoms with Crippen LogP contribution in [0.5, 0.6) is 0 Å². The molecule has 4 heteroatoms. The maximum absolute atomic E-state index is 14.3. The fourth-order valence-electron chi connectivity index (χ4n) is 3.32. The first-order valence-corrected chi connectivity index (χ1v) is 7.61. The van der Waals surface area contributed by atoms with Gasteiger partial charge in [0.1, 0.15) is 5.82 Å². The van der Waals surface area contributed by atoms with E-state index in [0.717, 1.165) is 18.5 Å². The molecule has 0 radical (unpaired) electrons. The van der Waals surface area contributed by atoms with Gasteiger partial charge in [0.25, 0.3) is 0 Å². The molecule has 1 aliphatic carbocycles. The molecular weight excluding hydrogens is 279 g/mol. The van der Waals surface area contributed by atoms with E-state index in [1.165, 1.54) is 6.07 Å². The van der Waals surface area contributed by atoms with Crippen molar-refractivity contribution < 1.29 is 9.18 Å². The van der Waals surface area contributed by atoms with E-state index in [1.807, 2.05) is 13.0 Å². The van der Waals surface area contributed by atoms with Crippen molar-refractivity contribution in [3.63, 3.8) is 0 Å². The van der Waals surface area contributed by atoms with Crippen molar-refractivity contribution in [1.29, 1.82) is 0 Å². The Balaban J connectivity index is 1.94. The summed E-state index contributed by atoms with van der Waals surface area (Å²) in [6.45, 7) is 1.87. The van der Waals surface area contributed by atoms with Crippen LogP contribution in [0.1, 0.15) is 36.9 Å². The number of carbonyl (C=O) groups is 1. The lowest BCUT2D eigenvalue weighted by atomic mass is 9.77. The minimum atomic E-state index is -0.761. The highest BCUT2D eigenvalue weighted by atomic mass is 19.1. The van der Waals surface area contributed by atoms with Gasteiger partial charge < -0.3 is 5.32 Å². The fourth-order valence-corrected chi connectivity index (χ4v) is 3.32. The Morgan fingerprint density at radius 1 is 1.23 bits per heavy atom. The second-order valence-corrected chi connectivity index (χ2v) is 5.91. The molecule has 0 spiro atoms. The van der Waals surface area contributed by atoms with Gasteiger partial charge in [-0.15, -0.1) is 0 Å². The van der Waals surface area contributed by atoms with E-state index in [4.69, 9.17) is 0 Å². The van der Waals surface area contributed by atoms with Gasteiger partial charge in [0, 0.05) is 23.1 Å². The molecule has 1 aliphatic rings. The van der Waals surface area contributed by atoms with Crippen LogP contribution in [0, 0.1) is 12.7 Å². The molecule has 3 nitrogen and oxygen atoms in total. The molecule has 114 valence electrons. The lowest BCUT2D eigenvalue weighted by Gasteiger charge is -2.28. The molecule has 0 saturated heterocycles. The first kappa shape index (κ1) is 14.7. The molecule has 1 N–H and O–H groups in total. The third-order valence-electron chi connectivity index (χ3n) is 4.44. The number of hydrogen-bond acceptors (Lipinski definition) is 2. The summed E-state index contributed by atoms with van der Waals surface area (Å²) in [5, 5.41) is 2.95. The SMILES string of the molecule is Cc1cc(NC(=O)C2(c3ccccc3F)CCCC2)ccn1. The number of nitrogens with one attached hydrogen (secondary N) is 1. The lowest BCUT2D eigenvalue weighted by Crippen LogP contribution is -2.38. The van der Waals surface area contributed by atoms with Crippen molar-refractivity contribution in [2.24, 2.45) is 0 Å². The monoisotopic (exact) mass is 298 g/mol. The summed E-state index contributed by atoms with van der Waals surface area (Å²) in [4.78, 5) is 17.0. The van der Waals surface area contributed by atoms with Crippen LogP contribution >= 0.6 is 0 Å². The number of halogens is 1. The smallest absolute Gasteiger partial charge is 0.235 e. The van der Waals surface area contributed by atoms with Crippen molar-refractivity contribution in [1.82, 2.24) is 4.98 Å². The predicted octanol–water partition coefficient (Wildman–Crippen LogP) is 3.98. The second-order valence-electron chi connectivity index (χ2n) is 5.91. The van der Waals surface area contributed by atoms with Crippen LogP contribution < -0.4 is 5.32 Å². The van der Waals surface area contributed by atoms with Gasteiger partial charge in [0.05, 0.1) is 5.41 Å². The van der Waals surface area contributed by atoms with Gasteiger partial charge in [-0.1, -0.05) is 31.0 Å². The molecule has 22 heavy (non-hydrogen) atoms. The van der Waals surface area contributed by atoms with Gasteiger partial charge in [-0.3, -0.25) is 9.78 Å². The Morgan fingerprint density at radius 2 is 1.95 bits per heavy atom. The highest BCUT2D eigenvalue weighted by Gasteiger charge is 2.44. The number of aryl methyl sites for hydroxylation is 1. The molecule has 3 rings (SSSR count). The molecule has 0 atom stereocenters. The minimum Gasteiger partial charge on any atom is -0.325 e. The molecule has 0 unspecified atom stereocenters. The third-order valence-corrected chi connectivity index (χ3v) is 4.44. The highest BCUT2D eigenvalue weighted by molar-refractivity contribution is 5.99. The standard InChI is InChI=1S/C18H19FN2O/c1-13-12-14(8-11-20-13)21-17(22)18(9-4-5-10-18)15-6-2-3-7-16(15)19/h2-3,6-8,11-12H,4-5,9-10H2,1H3,(H,20,21,22). The number of nitrogens with zero attached hydrogens (tertiary/aromatic N) is 1. The summed E-state index contributed by atoms with van der Waals surface area (Å²) in [7, 11) is 0. The molecule has 0 bridgehead atoms. The zero-order chi connectivity index (χ0) is 15.6. The van der Waals surface area contributed by atoms with Crippen LogP contribution in [0.4, 0.5) is 10.1 Å². The zero-order valence-electron chi connectivity index (χ0n) is 12.6. The van der Waals surface area contributed by atoms with Crippen LogP contribution in [-0.2, 0) is 10.2 Å². The van der Waals surface area contributed by atoms with Gasteiger partial charge in [0.15, 0.2) is 0 Å². The topological polar surface area (TPSA) is 42.0 Å². The van der Waals surface area contributed by atoms with E-state index >= 15 is 0 Å². The number of anilines is 1. The average Bonchev–Trinajstić information content (AvgIpc) is 2.98. The van der Waals surface area contributed by atoms with Gasteiger partial charge in [-0.05, 0) is 38.0 Å². The van der Waals surface area contributed by atoms with E-state index in [-0.39, 0.29) is 11.7 Å². The van der Waals surface area contributed by atoms with Crippen molar-refractivity contribution in [3.05, 3.63) is 59.7 Å². The van der Waals surface area contributed by atoms with Crippen LogP contribution in [-0.4, -0.2) is 10.9 Å². The molecular formula is C18H19FN2O. The second kappa shape index (κ2) is 5.87. The van der Waals surface area contributed by atoms with E-state index in [2.05, 4.69) is 10.3 Å². The van der Waals surface area contributed by atoms with Gasteiger partial charge in [-0.2, -0.15) is 0 Å². The molecule has 1 saturated carbocycles. The van der Waals surface area contributed by atoms with Crippen LogP contribution in [0.25, 0.3) is 0 Å². The average molecular weight is 298 g/mol. The quantitative estimate of drug-likeness (QED) is 0.931. The largest absolute Gasteiger partial charge is 0.325 e. The Kier molecular flexibility index (Phi) is 3.92. The maximum Gasteiger partial charge on any atom is 0.235 e. The predicted molar refractivity (Wildman–Crippen MR) is 84.1 cm³/mol. The highest BCUT2D eigenvalue weighted by Crippen LogP contribution is 2.43. The number of amides is 1. The lowest BCUT2D eigenvalue weighted by molar-refractivity contribution is -0.121. The Hall–Kier alpha value is -2.23. The van der Waals surface area contributed by atoms with Crippen molar-refractivity contribution in [2.75, 3.05) is 5.32 Å². The summed E-state index contributed by atoms with van der Waals surface area (Å²) in [6, 6.07) is 10.2. The van der Waals surface area contributed by atoms with Gasteiger partial charge in [0.2, 0.25) is 5.91 Å². The number of hydrogen-bond donors (Lipinski definition) is 1. The van der Waals surface area contributed by atoms with Crippen molar-refractivity contribution >= 4 is 11.6 Å². The van der Waals surface area contributed by atoms with Crippen LogP contribution in [0.2, 0.25) is 0 Å². The number of carbonyl (C=O) groups excluding carboxylic acids is 1. The molecule has 1 heterocycles. The normalized spacial score (nSPS) is 16.5. The van der Waals surface area contributed by atoms with E-state index in [1.54, 1.807) is 30.5 Å². The summed E-state index contributed by atoms with van der Waals surface area (Å²) in [5.74, 6) is -0.425. The Morgan fingerprint density at radius 3 is 2.64 bits per heavy atom. The molecule has 1 amide bonds. The van der Waals surface area contributed by atoms with E-state index < -0.39 is 5.41 Å². The summed E-state index contributed by atoms with van der Waals surface area (Å²) in [6.07, 6.45) is 4.91. The van der Waals surface area contributed by atoms with Crippen LogP contribution in [0.15, 0.2) is 42.6 Å². The summed E-state index contributed by atoms with van der Waals surface area (Å²) >= 11 is 0. The number of benzene rings is 1.